The minimum atomic E-state index is -0.337. The Morgan fingerprint density at radius 1 is 0.943 bits per heavy atom. The van der Waals surface area contributed by atoms with Crippen molar-refractivity contribution in [2.45, 2.75) is 87.3 Å². The summed E-state index contributed by atoms with van der Waals surface area (Å²) >= 11 is 0. The Balaban J connectivity index is -0.000000579. The van der Waals surface area contributed by atoms with Crippen LogP contribution in [0.4, 0.5) is 0 Å². The molecule has 1 N–H and O–H groups in total. The fourth-order valence-corrected chi connectivity index (χ4v) is 3.01. The summed E-state index contributed by atoms with van der Waals surface area (Å²) in [4.78, 5) is 13.8. The van der Waals surface area contributed by atoms with Crippen LogP contribution in [0.3, 0.4) is 0 Å². The van der Waals surface area contributed by atoms with E-state index in [1.54, 1.807) is 12.2 Å². The molecule has 0 spiro atoms. The number of β-lactam (4-membered cyclic amide) rings is 1. The summed E-state index contributed by atoms with van der Waals surface area (Å²) < 4.78 is 0. The number of carbonyl (C=O) groups excluding carboxylic acids is 1. The molecule has 0 aromatic carbocycles. The van der Waals surface area contributed by atoms with Crippen LogP contribution in [0.15, 0.2) is 109 Å². The van der Waals surface area contributed by atoms with E-state index in [9.17, 15) is 9.90 Å². The molecule has 0 aromatic heterocycles. The van der Waals surface area contributed by atoms with Gasteiger partial charge in [-0.1, -0.05) is 115 Å². The highest BCUT2D eigenvalue weighted by Gasteiger charge is 2.38. The highest BCUT2D eigenvalue weighted by atomic mass is 16.3. The molecule has 2 atom stereocenters. The van der Waals surface area contributed by atoms with Crippen molar-refractivity contribution >= 4 is 5.91 Å². The second-order valence-corrected chi connectivity index (χ2v) is 6.81. The van der Waals surface area contributed by atoms with Crippen molar-refractivity contribution in [1.82, 2.24) is 4.90 Å². The predicted molar refractivity (Wildman–Crippen MR) is 158 cm³/mol. The Kier molecular flexibility index (Phi) is 26.9. The van der Waals surface area contributed by atoms with E-state index in [4.69, 9.17) is 0 Å². The van der Waals surface area contributed by atoms with Crippen molar-refractivity contribution in [3.8, 4) is 0 Å². The van der Waals surface area contributed by atoms with E-state index < -0.39 is 0 Å². The van der Waals surface area contributed by atoms with Crippen molar-refractivity contribution < 1.29 is 9.90 Å². The first-order valence-electron chi connectivity index (χ1n) is 12.8. The van der Waals surface area contributed by atoms with Crippen LogP contribution in [0.2, 0.25) is 0 Å². The maximum atomic E-state index is 12.0. The zero-order valence-corrected chi connectivity index (χ0v) is 23.8. The van der Waals surface area contributed by atoms with Gasteiger partial charge in [0.05, 0.1) is 18.6 Å². The topological polar surface area (TPSA) is 40.5 Å². The Bertz CT molecular complexity index is 788. The van der Waals surface area contributed by atoms with Crippen LogP contribution in [0.5, 0.6) is 0 Å². The van der Waals surface area contributed by atoms with Crippen molar-refractivity contribution in [1.29, 1.82) is 0 Å². The van der Waals surface area contributed by atoms with Crippen molar-refractivity contribution in [2.24, 2.45) is 0 Å². The standard InChI is InChI=1S/C18H23NO.C10H16O.2C2H6/c1-5-9-13-16(12-8-4)19-17(14-18(19)20)15(10-6-2)11-7-3;1-4-7-8-9(5-2)10(11)6-3;2*1-2/h5-13,17H,2,14H2,1,3-4H3;4-5,7-8,10-11H,1,6H2,2-3H3;2*1-2H3/b9-5-,11-7-,12-8-,15-10+,16-13+;8-7-,9-5+;;. The number of allylic oxidation sites excluding steroid dienone is 11. The van der Waals surface area contributed by atoms with Crippen LogP contribution in [0.25, 0.3) is 0 Å². The lowest BCUT2D eigenvalue weighted by Gasteiger charge is -2.42. The molecule has 0 aromatic rings. The number of aliphatic hydroxyl groups is 1. The van der Waals surface area contributed by atoms with Gasteiger partial charge >= 0.3 is 0 Å². The first-order chi connectivity index (χ1) is 16.9. The Hall–Kier alpha value is -2.91. The zero-order valence-electron chi connectivity index (χ0n) is 23.8. The van der Waals surface area contributed by atoms with Crippen molar-refractivity contribution in [2.75, 3.05) is 0 Å². The van der Waals surface area contributed by atoms with Gasteiger partial charge < -0.3 is 10.0 Å². The number of rotatable bonds is 10. The molecule has 196 valence electrons. The molecule has 0 aliphatic carbocycles. The molecule has 1 amide bonds. The van der Waals surface area contributed by atoms with Crippen LogP contribution in [-0.4, -0.2) is 28.1 Å². The SMILES string of the molecule is C=C/C=C(\C=C/C)C1CC(=O)N1C(/C=C\C)=C/C=C\C.C=C/C=C\C(=C/C)C(O)CC.CC.CC. The van der Waals surface area contributed by atoms with E-state index in [1.165, 1.54) is 0 Å². The van der Waals surface area contributed by atoms with Crippen LogP contribution in [0.1, 0.15) is 75.2 Å². The first-order valence-corrected chi connectivity index (χ1v) is 12.8. The summed E-state index contributed by atoms with van der Waals surface area (Å²) in [6, 6.07) is 0.101. The fourth-order valence-electron chi connectivity index (χ4n) is 3.01. The molecule has 2 unspecified atom stereocenters. The Labute approximate surface area is 217 Å². The molecule has 1 saturated heterocycles. The third-order valence-electron chi connectivity index (χ3n) is 4.61. The average Bonchev–Trinajstić information content (AvgIpc) is 2.88. The van der Waals surface area contributed by atoms with Gasteiger partial charge in [-0.2, -0.15) is 0 Å². The van der Waals surface area contributed by atoms with Gasteiger partial charge in [-0.3, -0.25) is 4.79 Å². The molecule has 0 radical (unpaired) electrons. The largest absolute Gasteiger partial charge is 0.388 e. The lowest BCUT2D eigenvalue weighted by Crippen LogP contribution is -2.52. The molecule has 3 heteroatoms. The lowest BCUT2D eigenvalue weighted by molar-refractivity contribution is -0.140. The number of hydrogen-bond acceptors (Lipinski definition) is 2. The van der Waals surface area contributed by atoms with E-state index in [1.807, 2.05) is 134 Å². The summed E-state index contributed by atoms with van der Waals surface area (Å²) in [5.74, 6) is 0.156. The van der Waals surface area contributed by atoms with E-state index >= 15 is 0 Å². The second kappa shape index (κ2) is 25.7. The summed E-state index contributed by atoms with van der Waals surface area (Å²) in [6.07, 6.45) is 25.8. The molecule has 1 rings (SSSR count). The number of aliphatic hydroxyl groups excluding tert-OH is 1. The van der Waals surface area contributed by atoms with E-state index in [-0.39, 0.29) is 18.1 Å². The van der Waals surface area contributed by atoms with Crippen LogP contribution >= 0.6 is 0 Å². The monoisotopic (exact) mass is 481 g/mol. The predicted octanol–water partition coefficient (Wildman–Crippen LogP) is 8.81. The molecular weight excluding hydrogens is 430 g/mol. The van der Waals surface area contributed by atoms with Crippen molar-refractivity contribution in [3.63, 3.8) is 0 Å². The smallest absolute Gasteiger partial charge is 0.230 e. The van der Waals surface area contributed by atoms with Crippen LogP contribution in [0, 0.1) is 0 Å². The third kappa shape index (κ3) is 14.9. The molecule has 35 heavy (non-hydrogen) atoms. The van der Waals surface area contributed by atoms with Gasteiger partial charge in [0.25, 0.3) is 0 Å². The van der Waals surface area contributed by atoms with E-state index in [0.29, 0.717) is 6.42 Å². The van der Waals surface area contributed by atoms with Gasteiger partial charge in [0.1, 0.15) is 0 Å². The minimum Gasteiger partial charge on any atom is -0.388 e. The lowest BCUT2D eigenvalue weighted by atomic mass is 9.91. The number of likely N-dealkylation sites (tertiary alicyclic amines) is 1. The summed E-state index contributed by atoms with van der Waals surface area (Å²) in [5, 5.41) is 9.39. The zero-order chi connectivity index (χ0) is 27.6. The molecule has 1 fully saturated rings. The molecular formula is C32H51NO2. The third-order valence-corrected chi connectivity index (χ3v) is 4.61. The van der Waals surface area contributed by atoms with E-state index in [0.717, 1.165) is 23.3 Å². The number of amides is 1. The quantitative estimate of drug-likeness (QED) is 0.250. The maximum Gasteiger partial charge on any atom is 0.230 e. The van der Waals surface area contributed by atoms with Gasteiger partial charge in [0.15, 0.2) is 0 Å². The second-order valence-electron chi connectivity index (χ2n) is 6.81. The highest BCUT2D eigenvalue weighted by Crippen LogP contribution is 2.31. The summed E-state index contributed by atoms with van der Waals surface area (Å²) in [6.45, 7) is 25.1. The molecule has 3 nitrogen and oxygen atoms in total. The Morgan fingerprint density at radius 2 is 1.54 bits per heavy atom. The normalized spacial score (nSPS) is 17.3. The molecule has 1 aliphatic heterocycles. The number of nitrogens with zero attached hydrogens (tertiary/aromatic N) is 1. The minimum absolute atomic E-state index is 0.101. The van der Waals surface area contributed by atoms with Gasteiger partial charge in [-0.25, -0.2) is 0 Å². The summed E-state index contributed by atoms with van der Waals surface area (Å²) in [7, 11) is 0. The van der Waals surface area contributed by atoms with Crippen LogP contribution in [-0.2, 0) is 4.79 Å². The molecule has 0 bridgehead atoms. The van der Waals surface area contributed by atoms with E-state index in [2.05, 4.69) is 13.2 Å². The fraction of sp³-hybridized carbons (Fsp3) is 0.406. The molecule has 1 aliphatic rings. The molecule has 0 saturated carbocycles. The molecule has 1 heterocycles. The average molecular weight is 482 g/mol. The first kappa shape index (κ1) is 36.7. The van der Waals surface area contributed by atoms with Crippen LogP contribution < -0.4 is 0 Å². The van der Waals surface area contributed by atoms with Gasteiger partial charge in [0, 0.05) is 5.70 Å². The van der Waals surface area contributed by atoms with Crippen molar-refractivity contribution in [3.05, 3.63) is 109 Å². The highest BCUT2D eigenvalue weighted by molar-refractivity contribution is 5.87. The van der Waals surface area contributed by atoms with Gasteiger partial charge in [-0.15, -0.1) is 0 Å². The summed E-state index contributed by atoms with van der Waals surface area (Å²) in [5.41, 5.74) is 2.98. The maximum absolute atomic E-state index is 12.0. The Morgan fingerprint density at radius 3 is 1.94 bits per heavy atom. The number of carbonyl (C=O) groups is 1. The van der Waals surface area contributed by atoms with Gasteiger partial charge in [0.2, 0.25) is 5.91 Å². The van der Waals surface area contributed by atoms with Gasteiger partial charge in [-0.05, 0) is 57.4 Å². The number of hydrogen-bond donors (Lipinski definition) is 1.